The Morgan fingerprint density at radius 3 is 2.70 bits per heavy atom. The molecule has 3 N–H and O–H groups in total. The van der Waals surface area contributed by atoms with Gasteiger partial charge in [-0.3, -0.25) is 19.2 Å². The number of rotatable bonds is 7. The van der Waals surface area contributed by atoms with Gasteiger partial charge in [0.05, 0.1) is 25.9 Å². The maximum Gasteiger partial charge on any atom is 0.329 e. The van der Waals surface area contributed by atoms with Crippen LogP contribution in [0.25, 0.3) is 11.2 Å². The number of aliphatic hydroxyl groups excluding tert-OH is 1. The highest BCUT2D eigenvalue weighted by Gasteiger charge is 2.20. The SMILES string of the molecule is Cn1c(=O)[nH]c(=O)c2c1nc(NCCN1CCOCC1)n2C[C@@H](O)c1ccccc1. The maximum atomic E-state index is 12.6. The van der Waals surface area contributed by atoms with Crippen molar-refractivity contribution in [2.75, 3.05) is 44.7 Å². The molecule has 10 heteroatoms. The van der Waals surface area contributed by atoms with Gasteiger partial charge in [-0.05, 0) is 5.56 Å². The molecule has 160 valence electrons. The highest BCUT2D eigenvalue weighted by molar-refractivity contribution is 5.74. The van der Waals surface area contributed by atoms with E-state index in [-0.39, 0.29) is 17.7 Å². The van der Waals surface area contributed by atoms with E-state index in [1.54, 1.807) is 11.6 Å². The third-order valence-corrected chi connectivity index (χ3v) is 5.36. The summed E-state index contributed by atoms with van der Waals surface area (Å²) in [5.74, 6) is 0.444. The Morgan fingerprint density at radius 1 is 1.23 bits per heavy atom. The molecule has 0 radical (unpaired) electrons. The van der Waals surface area contributed by atoms with E-state index in [9.17, 15) is 14.7 Å². The molecule has 0 aliphatic carbocycles. The third-order valence-electron chi connectivity index (χ3n) is 5.36. The molecule has 4 rings (SSSR count). The highest BCUT2D eigenvalue weighted by atomic mass is 16.5. The van der Waals surface area contributed by atoms with Gasteiger partial charge >= 0.3 is 5.69 Å². The summed E-state index contributed by atoms with van der Waals surface area (Å²) in [4.78, 5) is 33.7. The van der Waals surface area contributed by atoms with Crippen molar-refractivity contribution in [3.8, 4) is 0 Å². The van der Waals surface area contributed by atoms with Gasteiger partial charge in [0.15, 0.2) is 11.2 Å². The van der Waals surface area contributed by atoms with Crippen LogP contribution < -0.4 is 16.6 Å². The average Bonchev–Trinajstić information content (AvgIpc) is 3.12. The molecule has 1 aliphatic heterocycles. The van der Waals surface area contributed by atoms with Crippen molar-refractivity contribution >= 4 is 17.1 Å². The second-order valence-corrected chi connectivity index (χ2v) is 7.34. The van der Waals surface area contributed by atoms with Gasteiger partial charge < -0.3 is 19.7 Å². The zero-order chi connectivity index (χ0) is 21.1. The summed E-state index contributed by atoms with van der Waals surface area (Å²) in [5, 5.41) is 14.0. The zero-order valence-electron chi connectivity index (χ0n) is 16.9. The molecule has 1 aliphatic rings. The molecule has 10 nitrogen and oxygen atoms in total. The number of hydrogen-bond acceptors (Lipinski definition) is 7. The predicted molar refractivity (Wildman–Crippen MR) is 113 cm³/mol. The lowest BCUT2D eigenvalue weighted by Gasteiger charge is -2.26. The molecule has 1 fully saturated rings. The molecular formula is C20H26N6O4. The molecule has 0 amide bonds. The number of aromatic nitrogens is 4. The fourth-order valence-electron chi connectivity index (χ4n) is 3.65. The molecule has 3 heterocycles. The van der Waals surface area contributed by atoms with Crippen molar-refractivity contribution in [2.45, 2.75) is 12.6 Å². The lowest BCUT2D eigenvalue weighted by molar-refractivity contribution is 0.0398. The molecule has 1 atom stereocenters. The van der Waals surface area contributed by atoms with Gasteiger partial charge in [0.1, 0.15) is 0 Å². The molecule has 1 saturated heterocycles. The first-order valence-corrected chi connectivity index (χ1v) is 10.0. The van der Waals surface area contributed by atoms with E-state index in [2.05, 4.69) is 20.2 Å². The van der Waals surface area contributed by atoms with Crippen molar-refractivity contribution in [3.63, 3.8) is 0 Å². The van der Waals surface area contributed by atoms with Gasteiger partial charge in [0, 0.05) is 33.2 Å². The van der Waals surface area contributed by atoms with Gasteiger partial charge in [-0.1, -0.05) is 30.3 Å². The minimum Gasteiger partial charge on any atom is -0.387 e. The molecule has 0 saturated carbocycles. The first-order valence-electron chi connectivity index (χ1n) is 10.0. The van der Waals surface area contributed by atoms with Crippen molar-refractivity contribution in [1.82, 2.24) is 24.0 Å². The van der Waals surface area contributed by atoms with E-state index < -0.39 is 17.4 Å². The minimum atomic E-state index is -0.833. The first kappa shape index (κ1) is 20.3. The number of aliphatic hydroxyl groups is 1. The van der Waals surface area contributed by atoms with Crippen LogP contribution in [0, 0.1) is 0 Å². The van der Waals surface area contributed by atoms with Crippen LogP contribution in [0.2, 0.25) is 0 Å². The number of aryl methyl sites for hydroxylation is 1. The van der Waals surface area contributed by atoms with Crippen molar-refractivity contribution in [1.29, 1.82) is 0 Å². The molecule has 1 aromatic carbocycles. The lowest BCUT2D eigenvalue weighted by Crippen LogP contribution is -2.39. The van der Waals surface area contributed by atoms with E-state index in [4.69, 9.17) is 4.74 Å². The van der Waals surface area contributed by atoms with Crippen LogP contribution in [-0.4, -0.2) is 68.5 Å². The van der Waals surface area contributed by atoms with Crippen LogP contribution in [-0.2, 0) is 18.3 Å². The van der Waals surface area contributed by atoms with Gasteiger partial charge in [-0.2, -0.15) is 4.98 Å². The number of anilines is 1. The van der Waals surface area contributed by atoms with Crippen LogP contribution in [0.5, 0.6) is 0 Å². The van der Waals surface area contributed by atoms with E-state index in [0.717, 1.165) is 38.4 Å². The quantitative estimate of drug-likeness (QED) is 0.494. The first-order chi connectivity index (χ1) is 14.5. The van der Waals surface area contributed by atoms with Gasteiger partial charge in [0.2, 0.25) is 5.95 Å². The molecule has 0 spiro atoms. The Morgan fingerprint density at radius 2 is 1.97 bits per heavy atom. The average molecular weight is 414 g/mol. The van der Waals surface area contributed by atoms with Gasteiger partial charge in [0.25, 0.3) is 5.56 Å². The summed E-state index contributed by atoms with van der Waals surface area (Å²) < 4.78 is 8.31. The van der Waals surface area contributed by atoms with Crippen LogP contribution in [0.1, 0.15) is 11.7 Å². The number of morpholine rings is 1. The summed E-state index contributed by atoms with van der Waals surface area (Å²) in [6.07, 6.45) is -0.833. The van der Waals surface area contributed by atoms with E-state index >= 15 is 0 Å². The van der Waals surface area contributed by atoms with Crippen molar-refractivity contribution in [2.24, 2.45) is 7.05 Å². The number of nitrogens with one attached hydrogen (secondary N) is 2. The van der Waals surface area contributed by atoms with E-state index in [1.807, 2.05) is 30.3 Å². The van der Waals surface area contributed by atoms with Crippen LogP contribution in [0.4, 0.5) is 5.95 Å². The number of imidazole rings is 1. The number of nitrogens with zero attached hydrogens (tertiary/aromatic N) is 4. The predicted octanol–water partition coefficient (Wildman–Crippen LogP) is -0.0990. The topological polar surface area (TPSA) is 117 Å². The maximum absolute atomic E-state index is 12.6. The molecule has 0 bridgehead atoms. The van der Waals surface area contributed by atoms with E-state index in [1.165, 1.54) is 4.57 Å². The van der Waals surface area contributed by atoms with Gasteiger partial charge in [-0.25, -0.2) is 4.79 Å². The van der Waals surface area contributed by atoms with Crippen molar-refractivity contribution < 1.29 is 9.84 Å². The standard InChI is InChI=1S/C20H26N6O4/c1-24-17-16(18(28)23-20(24)29)26(13-15(27)14-5-3-2-4-6-14)19(22-17)21-7-8-25-9-11-30-12-10-25/h2-6,15,27H,7-13H2,1H3,(H,21,22)(H,23,28,29)/t15-/m1/s1. The number of hydrogen-bond donors (Lipinski definition) is 3. The fourth-order valence-corrected chi connectivity index (χ4v) is 3.65. The number of fused-ring (bicyclic) bond motifs is 1. The van der Waals surface area contributed by atoms with Crippen LogP contribution >= 0.6 is 0 Å². The lowest BCUT2D eigenvalue weighted by atomic mass is 10.1. The number of aromatic amines is 1. The molecule has 2 aromatic heterocycles. The largest absolute Gasteiger partial charge is 0.387 e. The number of ether oxygens (including phenoxy) is 1. The fraction of sp³-hybridized carbons (Fsp3) is 0.450. The highest BCUT2D eigenvalue weighted by Crippen LogP contribution is 2.21. The molecule has 30 heavy (non-hydrogen) atoms. The summed E-state index contributed by atoms with van der Waals surface area (Å²) in [6.45, 7) is 4.72. The smallest absolute Gasteiger partial charge is 0.329 e. The minimum absolute atomic E-state index is 0.127. The van der Waals surface area contributed by atoms with Crippen molar-refractivity contribution in [3.05, 3.63) is 56.7 Å². The summed E-state index contributed by atoms with van der Waals surface area (Å²) in [5.41, 5.74) is 0.210. The Bertz CT molecular complexity index is 1110. The number of H-pyrrole nitrogens is 1. The molecular weight excluding hydrogens is 388 g/mol. The Balaban J connectivity index is 1.64. The zero-order valence-corrected chi connectivity index (χ0v) is 16.9. The van der Waals surface area contributed by atoms with Crippen LogP contribution in [0.3, 0.4) is 0 Å². The Labute approximate surface area is 172 Å². The monoisotopic (exact) mass is 414 g/mol. The summed E-state index contributed by atoms with van der Waals surface area (Å²) in [7, 11) is 1.56. The normalized spacial score (nSPS) is 16.1. The Hall–Kier alpha value is -2.95. The van der Waals surface area contributed by atoms with E-state index in [0.29, 0.717) is 12.5 Å². The second-order valence-electron chi connectivity index (χ2n) is 7.34. The third kappa shape index (κ3) is 4.16. The molecule has 3 aromatic rings. The summed E-state index contributed by atoms with van der Waals surface area (Å²) in [6, 6.07) is 9.23. The second kappa shape index (κ2) is 8.82. The van der Waals surface area contributed by atoms with Gasteiger partial charge in [-0.15, -0.1) is 0 Å². The number of benzene rings is 1. The summed E-state index contributed by atoms with van der Waals surface area (Å²) >= 11 is 0. The molecule has 0 unspecified atom stereocenters. The van der Waals surface area contributed by atoms with Crippen LogP contribution in [0.15, 0.2) is 39.9 Å². The Kier molecular flexibility index (Phi) is 5.98.